The van der Waals surface area contributed by atoms with E-state index in [0.29, 0.717) is 13.2 Å². The molecule has 3 unspecified atom stereocenters. The highest BCUT2D eigenvalue weighted by molar-refractivity contribution is 5.35. The Morgan fingerprint density at radius 2 is 2.24 bits per heavy atom. The maximum atomic E-state index is 10.4. The van der Waals surface area contributed by atoms with Crippen molar-refractivity contribution >= 4 is 0 Å². The molecular formula is C14H20O3. The van der Waals surface area contributed by atoms with Gasteiger partial charge in [-0.05, 0) is 26.3 Å². The summed E-state index contributed by atoms with van der Waals surface area (Å²) >= 11 is 0. The topological polar surface area (TPSA) is 38.7 Å². The summed E-state index contributed by atoms with van der Waals surface area (Å²) in [5.74, 6) is 0.952. The van der Waals surface area contributed by atoms with Gasteiger partial charge >= 0.3 is 0 Å². The van der Waals surface area contributed by atoms with E-state index in [2.05, 4.69) is 0 Å². The molecule has 0 spiro atoms. The molecule has 1 aromatic rings. The molecule has 1 fully saturated rings. The molecule has 0 bridgehead atoms. The van der Waals surface area contributed by atoms with E-state index in [1.807, 2.05) is 38.1 Å². The van der Waals surface area contributed by atoms with Crippen molar-refractivity contribution < 1.29 is 14.6 Å². The van der Waals surface area contributed by atoms with Crippen LogP contribution in [0.2, 0.25) is 0 Å². The Morgan fingerprint density at radius 3 is 2.88 bits per heavy atom. The number of para-hydroxylation sites is 1. The van der Waals surface area contributed by atoms with Crippen LogP contribution < -0.4 is 4.74 Å². The van der Waals surface area contributed by atoms with E-state index in [4.69, 9.17) is 9.47 Å². The summed E-state index contributed by atoms with van der Waals surface area (Å²) in [5.41, 5.74) is 0.872. The first-order chi connectivity index (χ1) is 8.22. The van der Waals surface area contributed by atoms with Gasteiger partial charge in [0.1, 0.15) is 5.75 Å². The fraction of sp³-hybridized carbons (Fsp3) is 0.571. The number of hydrogen-bond acceptors (Lipinski definition) is 3. The van der Waals surface area contributed by atoms with Gasteiger partial charge < -0.3 is 14.6 Å². The first kappa shape index (κ1) is 12.4. The van der Waals surface area contributed by atoms with Crippen LogP contribution in [0.25, 0.3) is 0 Å². The number of aliphatic hydroxyl groups excluding tert-OH is 1. The lowest BCUT2D eigenvalue weighted by atomic mass is 9.93. The predicted octanol–water partition coefficient (Wildman–Crippen LogP) is 2.54. The van der Waals surface area contributed by atoms with Crippen molar-refractivity contribution in [3.05, 3.63) is 29.8 Å². The molecule has 1 N–H and O–H groups in total. The Balaban J connectivity index is 2.15. The molecule has 0 aromatic heterocycles. The van der Waals surface area contributed by atoms with Gasteiger partial charge in [0, 0.05) is 11.5 Å². The van der Waals surface area contributed by atoms with Gasteiger partial charge in [-0.1, -0.05) is 18.2 Å². The second-order valence-electron chi connectivity index (χ2n) is 4.56. The third-order valence-electron chi connectivity index (χ3n) is 3.21. The van der Waals surface area contributed by atoms with E-state index in [1.54, 1.807) is 0 Å². The molecule has 1 heterocycles. The molecule has 0 aliphatic carbocycles. The van der Waals surface area contributed by atoms with Crippen LogP contribution in [0.5, 0.6) is 5.75 Å². The van der Waals surface area contributed by atoms with Crippen molar-refractivity contribution in [2.75, 3.05) is 13.2 Å². The average molecular weight is 236 g/mol. The summed E-state index contributed by atoms with van der Waals surface area (Å²) in [7, 11) is 0. The monoisotopic (exact) mass is 236 g/mol. The number of ether oxygens (including phenoxy) is 2. The summed E-state index contributed by atoms with van der Waals surface area (Å²) in [4.78, 5) is 0. The molecule has 1 aromatic carbocycles. The van der Waals surface area contributed by atoms with Crippen LogP contribution in [0.4, 0.5) is 0 Å². The smallest absolute Gasteiger partial charge is 0.125 e. The van der Waals surface area contributed by atoms with Crippen LogP contribution >= 0.6 is 0 Å². The van der Waals surface area contributed by atoms with E-state index in [1.165, 1.54) is 0 Å². The standard InChI is InChI=1S/C14H20O3/c1-3-16-13-7-5-4-6-12(13)14(15)11-8-10(2)17-9-11/h4-7,10-11,14-15H,3,8-9H2,1-2H3. The Kier molecular flexibility index (Phi) is 4.02. The van der Waals surface area contributed by atoms with E-state index in [9.17, 15) is 5.11 Å². The SMILES string of the molecule is CCOc1ccccc1C(O)C1COC(C)C1. The van der Waals surface area contributed by atoms with Crippen molar-refractivity contribution in [3.8, 4) is 5.75 Å². The Labute approximate surface area is 102 Å². The molecule has 17 heavy (non-hydrogen) atoms. The highest BCUT2D eigenvalue weighted by Gasteiger charge is 2.30. The minimum absolute atomic E-state index is 0.173. The fourth-order valence-corrected chi connectivity index (χ4v) is 2.34. The summed E-state index contributed by atoms with van der Waals surface area (Å²) in [6.45, 7) is 5.23. The van der Waals surface area contributed by atoms with Gasteiger partial charge in [-0.2, -0.15) is 0 Å². The zero-order chi connectivity index (χ0) is 12.3. The van der Waals surface area contributed by atoms with Gasteiger partial charge in [-0.25, -0.2) is 0 Å². The Hall–Kier alpha value is -1.06. The quantitative estimate of drug-likeness (QED) is 0.873. The molecule has 3 nitrogen and oxygen atoms in total. The molecule has 0 radical (unpaired) electrons. The van der Waals surface area contributed by atoms with Gasteiger partial charge in [0.15, 0.2) is 0 Å². The van der Waals surface area contributed by atoms with Crippen LogP contribution in [0.15, 0.2) is 24.3 Å². The zero-order valence-corrected chi connectivity index (χ0v) is 10.4. The lowest BCUT2D eigenvalue weighted by Gasteiger charge is -2.19. The number of rotatable bonds is 4. The maximum Gasteiger partial charge on any atom is 0.125 e. The first-order valence-electron chi connectivity index (χ1n) is 6.23. The molecule has 1 aliphatic rings. The van der Waals surface area contributed by atoms with Crippen molar-refractivity contribution in [1.82, 2.24) is 0 Å². The van der Waals surface area contributed by atoms with Crippen molar-refractivity contribution in [2.45, 2.75) is 32.5 Å². The summed E-state index contributed by atoms with van der Waals surface area (Å²) < 4.78 is 11.1. The average Bonchev–Trinajstić information content (AvgIpc) is 2.76. The van der Waals surface area contributed by atoms with Gasteiger partial charge in [0.2, 0.25) is 0 Å². The Morgan fingerprint density at radius 1 is 1.47 bits per heavy atom. The molecular weight excluding hydrogens is 216 g/mol. The largest absolute Gasteiger partial charge is 0.493 e. The molecule has 1 aliphatic heterocycles. The van der Waals surface area contributed by atoms with Crippen molar-refractivity contribution in [2.24, 2.45) is 5.92 Å². The van der Waals surface area contributed by atoms with Gasteiger partial charge in [0.05, 0.1) is 25.4 Å². The van der Waals surface area contributed by atoms with Crippen LogP contribution in [0.1, 0.15) is 31.9 Å². The van der Waals surface area contributed by atoms with Crippen LogP contribution in [-0.4, -0.2) is 24.4 Å². The van der Waals surface area contributed by atoms with Gasteiger partial charge in [0.25, 0.3) is 0 Å². The first-order valence-corrected chi connectivity index (χ1v) is 6.23. The third-order valence-corrected chi connectivity index (χ3v) is 3.21. The van der Waals surface area contributed by atoms with Gasteiger partial charge in [-0.3, -0.25) is 0 Å². The zero-order valence-electron chi connectivity index (χ0n) is 10.4. The molecule has 2 rings (SSSR count). The molecule has 0 saturated carbocycles. The van der Waals surface area contributed by atoms with Crippen molar-refractivity contribution in [1.29, 1.82) is 0 Å². The molecule has 0 amide bonds. The van der Waals surface area contributed by atoms with E-state index >= 15 is 0 Å². The van der Waals surface area contributed by atoms with E-state index in [0.717, 1.165) is 17.7 Å². The number of hydrogen-bond donors (Lipinski definition) is 1. The molecule has 3 atom stereocenters. The second-order valence-corrected chi connectivity index (χ2v) is 4.56. The lowest BCUT2D eigenvalue weighted by Crippen LogP contribution is -2.14. The van der Waals surface area contributed by atoms with E-state index < -0.39 is 6.10 Å². The highest BCUT2D eigenvalue weighted by Crippen LogP contribution is 2.35. The predicted molar refractivity (Wildman–Crippen MR) is 66.1 cm³/mol. The number of benzene rings is 1. The van der Waals surface area contributed by atoms with Gasteiger partial charge in [-0.15, -0.1) is 0 Å². The molecule has 94 valence electrons. The Bertz CT molecular complexity index is 364. The lowest BCUT2D eigenvalue weighted by molar-refractivity contribution is 0.0786. The third kappa shape index (κ3) is 2.79. The minimum atomic E-state index is -0.498. The maximum absolute atomic E-state index is 10.4. The summed E-state index contributed by atoms with van der Waals surface area (Å²) in [6.07, 6.45) is 0.651. The summed E-state index contributed by atoms with van der Waals surface area (Å²) in [5, 5.41) is 10.4. The van der Waals surface area contributed by atoms with E-state index in [-0.39, 0.29) is 12.0 Å². The normalized spacial score (nSPS) is 25.8. The fourth-order valence-electron chi connectivity index (χ4n) is 2.34. The molecule has 3 heteroatoms. The minimum Gasteiger partial charge on any atom is -0.493 e. The summed E-state index contributed by atoms with van der Waals surface area (Å²) in [6, 6.07) is 7.69. The van der Waals surface area contributed by atoms with Crippen LogP contribution in [0.3, 0.4) is 0 Å². The number of aliphatic hydroxyl groups is 1. The van der Waals surface area contributed by atoms with Crippen LogP contribution in [0, 0.1) is 5.92 Å². The highest BCUT2D eigenvalue weighted by atomic mass is 16.5. The molecule has 1 saturated heterocycles. The second kappa shape index (κ2) is 5.52. The van der Waals surface area contributed by atoms with Crippen LogP contribution in [-0.2, 0) is 4.74 Å². The van der Waals surface area contributed by atoms with Crippen molar-refractivity contribution in [3.63, 3.8) is 0 Å².